The molecule has 0 aliphatic carbocycles. The Morgan fingerprint density at radius 1 is 0.606 bits per heavy atom. The summed E-state index contributed by atoms with van der Waals surface area (Å²) < 4.78 is 27.4. The molecule has 7 heteroatoms. The maximum Gasteiger partial charge on any atom is 0.469 e. The van der Waals surface area contributed by atoms with Gasteiger partial charge in [-0.05, 0) is 26.2 Å². The highest BCUT2D eigenvalue weighted by atomic mass is 31.2. The van der Waals surface area contributed by atoms with Gasteiger partial charge in [0.1, 0.15) is 0 Å². The van der Waals surface area contributed by atoms with Crippen molar-refractivity contribution < 1.29 is 28.3 Å². The molecule has 0 amide bonds. The molecule has 0 heterocycles. The van der Waals surface area contributed by atoms with E-state index in [1.165, 1.54) is 89.9 Å². The van der Waals surface area contributed by atoms with Crippen LogP contribution in [-0.4, -0.2) is 41.8 Å². The third-order valence-corrected chi connectivity index (χ3v) is 6.64. The van der Waals surface area contributed by atoms with E-state index in [-0.39, 0.29) is 18.8 Å². The fourth-order valence-electron chi connectivity index (χ4n) is 4.02. The van der Waals surface area contributed by atoms with Crippen molar-refractivity contribution in [3.8, 4) is 0 Å². The van der Waals surface area contributed by atoms with E-state index < -0.39 is 7.82 Å². The van der Waals surface area contributed by atoms with Gasteiger partial charge in [-0.1, -0.05) is 110 Å². The van der Waals surface area contributed by atoms with Gasteiger partial charge in [0.25, 0.3) is 0 Å². The van der Waals surface area contributed by atoms with Crippen LogP contribution in [0, 0.1) is 0 Å². The quantitative estimate of drug-likeness (QED) is 0.0937. The minimum atomic E-state index is -4.39. The number of hydrogen-bond donors (Lipinski definition) is 2. The van der Waals surface area contributed by atoms with Crippen LogP contribution in [0.4, 0.5) is 0 Å². The molecule has 0 saturated carbocycles. The predicted molar refractivity (Wildman–Crippen MR) is 138 cm³/mol. The number of unbranched alkanes of at least 4 members (excludes halogenated alkanes) is 14. The molecule has 0 aliphatic heterocycles. The standard InChI is InChI=1S/C26H55O6P/c1-4-6-8-10-12-13-15-17-19-22-31-26(21-18-16-14-11-9-7-5-2)25(3)30-23-20-24-32-33(27,28)29/h25-26H,4-24H2,1-3H3,(H2,27,28,29). The van der Waals surface area contributed by atoms with Crippen molar-refractivity contribution in [1.82, 2.24) is 0 Å². The molecule has 200 valence electrons. The number of ether oxygens (including phenoxy) is 2. The molecule has 0 aromatic carbocycles. The molecule has 0 rings (SSSR count). The van der Waals surface area contributed by atoms with E-state index in [1.54, 1.807) is 0 Å². The van der Waals surface area contributed by atoms with Gasteiger partial charge in [-0.3, -0.25) is 4.52 Å². The molecule has 0 fully saturated rings. The van der Waals surface area contributed by atoms with Crippen LogP contribution < -0.4 is 0 Å². The summed E-state index contributed by atoms with van der Waals surface area (Å²) in [4.78, 5) is 17.5. The van der Waals surface area contributed by atoms with Crippen LogP contribution in [0.5, 0.6) is 0 Å². The Kier molecular flexibility index (Phi) is 23.8. The Hall–Kier alpha value is 0.0300. The van der Waals surface area contributed by atoms with Crippen molar-refractivity contribution in [2.24, 2.45) is 0 Å². The number of rotatable bonds is 26. The highest BCUT2D eigenvalue weighted by Gasteiger charge is 2.19. The molecule has 0 aliphatic rings. The Morgan fingerprint density at radius 2 is 1.06 bits per heavy atom. The van der Waals surface area contributed by atoms with Gasteiger partial charge in [-0.25, -0.2) is 4.57 Å². The minimum absolute atomic E-state index is 0.00126. The Balaban J connectivity index is 4.08. The van der Waals surface area contributed by atoms with Gasteiger partial charge in [0.05, 0.1) is 18.8 Å². The van der Waals surface area contributed by atoms with E-state index in [2.05, 4.69) is 18.4 Å². The van der Waals surface area contributed by atoms with E-state index >= 15 is 0 Å². The lowest BCUT2D eigenvalue weighted by molar-refractivity contribution is -0.0717. The molecule has 0 aromatic heterocycles. The smallest absolute Gasteiger partial charge is 0.376 e. The third-order valence-electron chi connectivity index (χ3n) is 6.12. The maximum atomic E-state index is 10.7. The lowest BCUT2D eigenvalue weighted by Gasteiger charge is -2.25. The van der Waals surface area contributed by atoms with Gasteiger partial charge in [0.15, 0.2) is 0 Å². The summed E-state index contributed by atoms with van der Waals surface area (Å²) in [6.07, 6.45) is 22.2. The fraction of sp³-hybridized carbons (Fsp3) is 1.00. The van der Waals surface area contributed by atoms with Crippen molar-refractivity contribution in [3.05, 3.63) is 0 Å². The van der Waals surface area contributed by atoms with Crippen LogP contribution in [0.3, 0.4) is 0 Å². The zero-order valence-corrected chi connectivity index (χ0v) is 22.9. The Bertz CT molecular complexity index is 442. The molecular formula is C26H55O6P. The van der Waals surface area contributed by atoms with Crippen LogP contribution in [-0.2, 0) is 18.6 Å². The van der Waals surface area contributed by atoms with E-state index in [0.29, 0.717) is 13.0 Å². The minimum Gasteiger partial charge on any atom is -0.376 e. The van der Waals surface area contributed by atoms with Crippen LogP contribution in [0.15, 0.2) is 0 Å². The molecule has 2 N–H and O–H groups in total. The molecule has 0 bridgehead atoms. The van der Waals surface area contributed by atoms with Crippen LogP contribution in [0.25, 0.3) is 0 Å². The van der Waals surface area contributed by atoms with Crippen LogP contribution in [0.1, 0.15) is 136 Å². The third kappa shape index (κ3) is 24.9. The molecule has 0 spiro atoms. The topological polar surface area (TPSA) is 85.2 Å². The molecule has 2 atom stereocenters. The van der Waals surface area contributed by atoms with Crippen molar-refractivity contribution in [2.45, 2.75) is 149 Å². The molecule has 0 aromatic rings. The SMILES string of the molecule is CCCCCCCCCCCOC(CCCCCCCCC)C(C)OCCCOP(=O)(O)O. The Labute approximate surface area is 204 Å². The summed E-state index contributed by atoms with van der Waals surface area (Å²) in [7, 11) is -4.39. The summed E-state index contributed by atoms with van der Waals surface area (Å²) in [6.45, 7) is 7.75. The van der Waals surface area contributed by atoms with Gasteiger partial charge >= 0.3 is 7.82 Å². The molecule has 0 radical (unpaired) electrons. The number of hydrogen-bond acceptors (Lipinski definition) is 4. The average Bonchev–Trinajstić information content (AvgIpc) is 2.77. The van der Waals surface area contributed by atoms with Gasteiger partial charge < -0.3 is 19.3 Å². The first-order valence-electron chi connectivity index (χ1n) is 13.8. The first-order chi connectivity index (χ1) is 15.9. The molecule has 0 saturated heterocycles. The van der Waals surface area contributed by atoms with Gasteiger partial charge in [0, 0.05) is 13.2 Å². The summed E-state index contributed by atoms with van der Waals surface area (Å²) in [5.74, 6) is 0. The zero-order valence-electron chi connectivity index (χ0n) is 22.0. The van der Waals surface area contributed by atoms with Crippen molar-refractivity contribution in [3.63, 3.8) is 0 Å². The average molecular weight is 495 g/mol. The first kappa shape index (κ1) is 33.0. The monoisotopic (exact) mass is 494 g/mol. The molecule has 6 nitrogen and oxygen atoms in total. The maximum absolute atomic E-state index is 10.7. The lowest BCUT2D eigenvalue weighted by atomic mass is 10.0. The number of phosphoric ester groups is 1. The zero-order chi connectivity index (χ0) is 24.6. The van der Waals surface area contributed by atoms with E-state index in [1.807, 2.05) is 6.92 Å². The lowest BCUT2D eigenvalue weighted by Crippen LogP contribution is -2.30. The van der Waals surface area contributed by atoms with Crippen molar-refractivity contribution in [1.29, 1.82) is 0 Å². The summed E-state index contributed by atoms with van der Waals surface area (Å²) >= 11 is 0. The normalized spacial score (nSPS) is 14.0. The second-order valence-corrected chi connectivity index (χ2v) is 10.6. The summed E-state index contributed by atoms with van der Waals surface area (Å²) in [5, 5.41) is 0. The van der Waals surface area contributed by atoms with E-state index in [0.717, 1.165) is 25.9 Å². The summed E-state index contributed by atoms with van der Waals surface area (Å²) in [6, 6.07) is 0. The fourth-order valence-corrected chi connectivity index (χ4v) is 4.39. The van der Waals surface area contributed by atoms with Gasteiger partial charge in [-0.2, -0.15) is 0 Å². The van der Waals surface area contributed by atoms with Crippen LogP contribution in [0.2, 0.25) is 0 Å². The van der Waals surface area contributed by atoms with Crippen molar-refractivity contribution in [2.75, 3.05) is 19.8 Å². The highest BCUT2D eigenvalue weighted by molar-refractivity contribution is 7.46. The largest absolute Gasteiger partial charge is 0.469 e. The Morgan fingerprint density at radius 3 is 1.58 bits per heavy atom. The van der Waals surface area contributed by atoms with E-state index in [9.17, 15) is 4.57 Å². The molecule has 33 heavy (non-hydrogen) atoms. The number of phosphoric acid groups is 1. The molecule has 2 unspecified atom stereocenters. The predicted octanol–water partition coefficient (Wildman–Crippen LogP) is 7.95. The van der Waals surface area contributed by atoms with Crippen molar-refractivity contribution >= 4 is 7.82 Å². The molecular weight excluding hydrogens is 439 g/mol. The highest BCUT2D eigenvalue weighted by Crippen LogP contribution is 2.35. The van der Waals surface area contributed by atoms with E-state index in [4.69, 9.17) is 19.3 Å². The summed E-state index contributed by atoms with van der Waals surface area (Å²) in [5.41, 5.74) is 0. The second kappa shape index (κ2) is 23.8. The second-order valence-electron chi connectivity index (χ2n) is 9.40. The first-order valence-corrected chi connectivity index (χ1v) is 15.4. The van der Waals surface area contributed by atoms with Gasteiger partial charge in [-0.15, -0.1) is 0 Å². The van der Waals surface area contributed by atoms with Crippen LogP contribution >= 0.6 is 7.82 Å². The van der Waals surface area contributed by atoms with Gasteiger partial charge in [0.2, 0.25) is 0 Å².